The van der Waals surface area contributed by atoms with Crippen LogP contribution in [0.3, 0.4) is 0 Å². The maximum atomic E-state index is 12.7. The number of rotatable bonds is 4. The molecule has 0 aliphatic heterocycles. The number of carbonyl (C=O) groups excluding carboxylic acids is 2. The Morgan fingerprint density at radius 1 is 1.40 bits per heavy atom. The predicted molar refractivity (Wildman–Crippen MR) is 75.7 cm³/mol. The van der Waals surface area contributed by atoms with Crippen LogP contribution in [0.1, 0.15) is 26.2 Å². The van der Waals surface area contributed by atoms with E-state index in [2.05, 4.69) is 5.32 Å². The van der Waals surface area contributed by atoms with Crippen LogP contribution in [-0.2, 0) is 9.59 Å². The number of allylic oxidation sites excluding steroid dienone is 1. The van der Waals surface area contributed by atoms with Gasteiger partial charge in [0.05, 0.1) is 0 Å². The van der Waals surface area contributed by atoms with Gasteiger partial charge in [0, 0.05) is 18.5 Å². The van der Waals surface area contributed by atoms with E-state index in [0.29, 0.717) is 30.2 Å². The number of nitrogens with one attached hydrogen (secondary N) is 1. The number of carbonyl (C=O) groups is 2. The van der Waals surface area contributed by atoms with Crippen LogP contribution >= 0.6 is 0 Å². The molecule has 1 aromatic rings. The first-order chi connectivity index (χ1) is 9.54. The summed E-state index contributed by atoms with van der Waals surface area (Å²) < 4.78 is 12.7. The third-order valence-corrected chi connectivity index (χ3v) is 3.69. The van der Waals surface area contributed by atoms with Gasteiger partial charge in [0.2, 0.25) is 5.91 Å². The summed E-state index contributed by atoms with van der Waals surface area (Å²) in [6.45, 7) is 2.02. The third-order valence-electron chi connectivity index (χ3n) is 3.69. The number of Topliss-reactive ketones (excluding diaryl/α,β-unsaturated/α-hetero) is 1. The fraction of sp³-hybridized carbons (Fsp3) is 0.375. The first kappa shape index (κ1) is 14.4. The summed E-state index contributed by atoms with van der Waals surface area (Å²) >= 11 is 0. The number of halogens is 1. The van der Waals surface area contributed by atoms with Gasteiger partial charge in [-0.2, -0.15) is 0 Å². The van der Waals surface area contributed by atoms with Crippen molar-refractivity contribution in [2.45, 2.75) is 26.2 Å². The highest BCUT2D eigenvalue weighted by Crippen LogP contribution is 2.29. The van der Waals surface area contributed by atoms with Crippen molar-refractivity contribution < 1.29 is 14.0 Å². The molecule has 0 unspecified atom stereocenters. The second-order valence-electron chi connectivity index (χ2n) is 5.26. The Morgan fingerprint density at radius 2 is 2.10 bits per heavy atom. The van der Waals surface area contributed by atoms with Crippen LogP contribution in [0.25, 0.3) is 0 Å². The molecule has 1 saturated carbocycles. The fourth-order valence-corrected chi connectivity index (χ4v) is 2.41. The third kappa shape index (κ3) is 4.02. The van der Waals surface area contributed by atoms with E-state index < -0.39 is 0 Å². The first-order valence-corrected chi connectivity index (χ1v) is 6.81. The standard InChI is InChI=1S/C16H18FNO2/c1-11(12-3-8-15(19)10-12)2-9-16(20)18-14-6-4-13(17)5-7-14/h2,4-7,9,11-12H,3,8,10H2,1H3,(H,18,20)/b9-2+/t11-,12+/m0/s1. The molecule has 2 atom stereocenters. The molecule has 1 aliphatic rings. The van der Waals surface area contributed by atoms with E-state index in [9.17, 15) is 14.0 Å². The Bertz CT molecular complexity index is 522. The summed E-state index contributed by atoms with van der Waals surface area (Å²) in [7, 11) is 0. The quantitative estimate of drug-likeness (QED) is 0.857. The minimum Gasteiger partial charge on any atom is -0.323 e. The summed E-state index contributed by atoms with van der Waals surface area (Å²) in [4.78, 5) is 23.0. The van der Waals surface area contributed by atoms with Crippen molar-refractivity contribution >= 4 is 17.4 Å². The maximum absolute atomic E-state index is 12.7. The Hall–Kier alpha value is -1.97. The SMILES string of the molecule is C[C@@H](/C=C/C(=O)Nc1ccc(F)cc1)[C@@H]1CCC(=O)C1. The lowest BCUT2D eigenvalue weighted by atomic mass is 9.92. The topological polar surface area (TPSA) is 46.2 Å². The number of ketones is 1. The molecule has 106 valence electrons. The number of anilines is 1. The molecule has 3 nitrogen and oxygen atoms in total. The molecule has 1 fully saturated rings. The monoisotopic (exact) mass is 275 g/mol. The van der Waals surface area contributed by atoms with E-state index in [1.54, 1.807) is 0 Å². The Kier molecular flexibility index (Phi) is 4.66. The summed E-state index contributed by atoms with van der Waals surface area (Å²) in [6.07, 6.45) is 5.50. The van der Waals surface area contributed by atoms with Crippen LogP contribution in [-0.4, -0.2) is 11.7 Å². The smallest absolute Gasteiger partial charge is 0.248 e. The van der Waals surface area contributed by atoms with Gasteiger partial charge in [-0.05, 0) is 48.6 Å². The Labute approximate surface area is 117 Å². The minimum atomic E-state index is -0.335. The van der Waals surface area contributed by atoms with Crippen LogP contribution in [0.15, 0.2) is 36.4 Å². The molecule has 0 heterocycles. The summed E-state index contributed by atoms with van der Waals surface area (Å²) in [5, 5.41) is 2.66. The second-order valence-corrected chi connectivity index (χ2v) is 5.26. The van der Waals surface area contributed by atoms with Crippen molar-refractivity contribution in [3.05, 3.63) is 42.2 Å². The normalized spacial score (nSPS) is 20.3. The van der Waals surface area contributed by atoms with E-state index in [1.165, 1.54) is 30.3 Å². The van der Waals surface area contributed by atoms with E-state index in [-0.39, 0.29) is 17.6 Å². The lowest BCUT2D eigenvalue weighted by molar-refractivity contribution is -0.117. The molecule has 0 saturated heterocycles. The van der Waals surface area contributed by atoms with Crippen molar-refractivity contribution in [2.24, 2.45) is 11.8 Å². The molecule has 1 aliphatic carbocycles. The summed E-state index contributed by atoms with van der Waals surface area (Å²) in [5.74, 6) is 0.287. The molecule has 0 bridgehead atoms. The molecule has 20 heavy (non-hydrogen) atoms. The lowest BCUT2D eigenvalue weighted by Gasteiger charge is -2.13. The average Bonchev–Trinajstić information content (AvgIpc) is 2.85. The zero-order valence-electron chi connectivity index (χ0n) is 11.4. The van der Waals surface area contributed by atoms with Gasteiger partial charge < -0.3 is 5.32 Å². The van der Waals surface area contributed by atoms with E-state index in [4.69, 9.17) is 0 Å². The van der Waals surface area contributed by atoms with Crippen molar-refractivity contribution in [1.29, 1.82) is 0 Å². The molecule has 2 rings (SSSR count). The molecule has 1 N–H and O–H groups in total. The van der Waals surface area contributed by atoms with Crippen LogP contribution < -0.4 is 5.32 Å². The first-order valence-electron chi connectivity index (χ1n) is 6.81. The molecule has 0 spiro atoms. The molecular weight excluding hydrogens is 257 g/mol. The Morgan fingerprint density at radius 3 is 2.70 bits per heavy atom. The summed E-state index contributed by atoms with van der Waals surface area (Å²) in [6, 6.07) is 5.62. The highest BCUT2D eigenvalue weighted by atomic mass is 19.1. The molecule has 1 aromatic carbocycles. The fourth-order valence-electron chi connectivity index (χ4n) is 2.41. The molecular formula is C16H18FNO2. The van der Waals surface area contributed by atoms with Gasteiger partial charge in [-0.15, -0.1) is 0 Å². The zero-order valence-corrected chi connectivity index (χ0v) is 11.4. The van der Waals surface area contributed by atoms with Crippen LogP contribution in [0.2, 0.25) is 0 Å². The van der Waals surface area contributed by atoms with Crippen LogP contribution in [0.5, 0.6) is 0 Å². The van der Waals surface area contributed by atoms with E-state index in [0.717, 1.165) is 6.42 Å². The van der Waals surface area contributed by atoms with Crippen molar-refractivity contribution in [1.82, 2.24) is 0 Å². The van der Waals surface area contributed by atoms with Gasteiger partial charge in [0.1, 0.15) is 11.6 Å². The van der Waals surface area contributed by atoms with Gasteiger partial charge >= 0.3 is 0 Å². The van der Waals surface area contributed by atoms with E-state index >= 15 is 0 Å². The van der Waals surface area contributed by atoms with Gasteiger partial charge in [0.25, 0.3) is 0 Å². The number of hydrogen-bond acceptors (Lipinski definition) is 2. The van der Waals surface area contributed by atoms with Crippen LogP contribution in [0, 0.1) is 17.7 Å². The van der Waals surface area contributed by atoms with Gasteiger partial charge in [-0.1, -0.05) is 13.0 Å². The van der Waals surface area contributed by atoms with Crippen molar-refractivity contribution in [3.8, 4) is 0 Å². The number of hydrogen-bond donors (Lipinski definition) is 1. The number of benzene rings is 1. The zero-order chi connectivity index (χ0) is 14.5. The second kappa shape index (κ2) is 6.46. The molecule has 1 amide bonds. The largest absolute Gasteiger partial charge is 0.323 e. The highest BCUT2D eigenvalue weighted by Gasteiger charge is 2.25. The highest BCUT2D eigenvalue weighted by molar-refractivity contribution is 5.99. The average molecular weight is 275 g/mol. The predicted octanol–water partition coefficient (Wildman–Crippen LogP) is 3.33. The molecule has 4 heteroatoms. The van der Waals surface area contributed by atoms with Crippen molar-refractivity contribution in [2.75, 3.05) is 5.32 Å². The van der Waals surface area contributed by atoms with E-state index in [1.807, 2.05) is 13.0 Å². The van der Waals surface area contributed by atoms with Gasteiger partial charge in [-0.25, -0.2) is 4.39 Å². The maximum Gasteiger partial charge on any atom is 0.248 e. The van der Waals surface area contributed by atoms with Gasteiger partial charge in [-0.3, -0.25) is 9.59 Å². The minimum absolute atomic E-state index is 0.209. The van der Waals surface area contributed by atoms with Gasteiger partial charge in [0.15, 0.2) is 0 Å². The Balaban J connectivity index is 1.85. The molecule has 0 aromatic heterocycles. The summed E-state index contributed by atoms with van der Waals surface area (Å²) in [5.41, 5.74) is 0.560. The lowest BCUT2D eigenvalue weighted by Crippen LogP contribution is -2.10. The number of amides is 1. The van der Waals surface area contributed by atoms with Crippen LogP contribution in [0.4, 0.5) is 10.1 Å². The van der Waals surface area contributed by atoms with Crippen molar-refractivity contribution in [3.63, 3.8) is 0 Å². The molecule has 0 radical (unpaired) electrons.